The molecule has 1 aromatic heterocycles. The number of rotatable bonds is 5. The Kier molecular flexibility index (Phi) is 5.00. The third-order valence-corrected chi connectivity index (χ3v) is 4.68. The van der Waals surface area contributed by atoms with Crippen LogP contribution in [0.3, 0.4) is 0 Å². The smallest absolute Gasteiger partial charge is 0.0819 e. The molecule has 1 heterocycles. The van der Waals surface area contributed by atoms with Gasteiger partial charge in [-0.25, -0.2) is 0 Å². The van der Waals surface area contributed by atoms with E-state index in [9.17, 15) is 5.11 Å². The van der Waals surface area contributed by atoms with Crippen molar-refractivity contribution in [2.24, 2.45) is 5.92 Å². The van der Waals surface area contributed by atoms with E-state index in [1.54, 1.807) is 0 Å². The second kappa shape index (κ2) is 6.55. The van der Waals surface area contributed by atoms with Crippen molar-refractivity contribution in [1.82, 2.24) is 9.78 Å². The number of hydrogen-bond donors (Lipinski definition) is 1. The lowest BCUT2D eigenvalue weighted by Crippen LogP contribution is -2.15. The third-order valence-electron chi connectivity index (χ3n) is 3.65. The minimum atomic E-state index is -0.455. The van der Waals surface area contributed by atoms with Crippen molar-refractivity contribution in [3.63, 3.8) is 0 Å². The zero-order valence-corrected chi connectivity index (χ0v) is 13.8. The molecule has 2 unspecified atom stereocenters. The molecule has 2 rings (SSSR count). The average molecular weight is 337 g/mol. The minimum Gasteiger partial charge on any atom is -0.388 e. The fourth-order valence-electron chi connectivity index (χ4n) is 2.46. The maximum absolute atomic E-state index is 10.5. The van der Waals surface area contributed by atoms with E-state index in [1.165, 1.54) is 0 Å². The predicted octanol–water partition coefficient (Wildman–Crippen LogP) is 3.89. The highest BCUT2D eigenvalue weighted by atomic mass is 79.9. The lowest BCUT2D eigenvalue weighted by molar-refractivity contribution is 0.116. The predicted molar refractivity (Wildman–Crippen MR) is 84.6 cm³/mol. The standard InChI is InChI=1S/C16H21BrN2O/c1-4-19-14(15(17)12(3)18-19)10-11(2)16(20)13-8-6-5-7-9-13/h5-9,11,16,20H,4,10H2,1-3H3. The molecule has 20 heavy (non-hydrogen) atoms. The Morgan fingerprint density at radius 1 is 1.30 bits per heavy atom. The SMILES string of the molecule is CCn1nc(C)c(Br)c1CC(C)C(O)c1ccccc1. The molecule has 2 atom stereocenters. The van der Waals surface area contributed by atoms with Gasteiger partial charge < -0.3 is 5.11 Å². The average Bonchev–Trinajstić information content (AvgIpc) is 2.75. The summed E-state index contributed by atoms with van der Waals surface area (Å²) in [6.45, 7) is 7.00. The molecule has 0 fully saturated rings. The van der Waals surface area contributed by atoms with Crippen LogP contribution < -0.4 is 0 Å². The summed E-state index contributed by atoms with van der Waals surface area (Å²) in [7, 11) is 0. The molecule has 0 saturated carbocycles. The number of hydrogen-bond acceptors (Lipinski definition) is 2. The van der Waals surface area contributed by atoms with Crippen LogP contribution in [0.2, 0.25) is 0 Å². The zero-order chi connectivity index (χ0) is 14.7. The summed E-state index contributed by atoms with van der Waals surface area (Å²) in [6.07, 6.45) is 0.342. The number of halogens is 1. The number of aliphatic hydroxyl groups is 1. The van der Waals surface area contributed by atoms with Gasteiger partial charge in [0, 0.05) is 6.54 Å². The van der Waals surface area contributed by atoms with Crippen LogP contribution in [-0.4, -0.2) is 14.9 Å². The molecule has 2 aromatic rings. The summed E-state index contributed by atoms with van der Waals surface area (Å²) in [5.41, 5.74) is 3.13. The highest BCUT2D eigenvalue weighted by molar-refractivity contribution is 9.10. The second-order valence-corrected chi connectivity index (χ2v) is 5.99. The van der Waals surface area contributed by atoms with Crippen molar-refractivity contribution in [2.45, 2.75) is 39.8 Å². The van der Waals surface area contributed by atoms with Crippen LogP contribution in [0.1, 0.15) is 36.9 Å². The molecular formula is C16H21BrN2O. The molecule has 3 nitrogen and oxygen atoms in total. The third kappa shape index (κ3) is 3.13. The Morgan fingerprint density at radius 3 is 2.55 bits per heavy atom. The molecule has 108 valence electrons. The van der Waals surface area contributed by atoms with Crippen LogP contribution in [0, 0.1) is 12.8 Å². The van der Waals surface area contributed by atoms with Gasteiger partial charge >= 0.3 is 0 Å². The first-order valence-corrected chi connectivity index (χ1v) is 7.78. The summed E-state index contributed by atoms with van der Waals surface area (Å²) in [5, 5.41) is 15.0. The summed E-state index contributed by atoms with van der Waals surface area (Å²) in [4.78, 5) is 0. The van der Waals surface area contributed by atoms with Crippen LogP contribution in [0.15, 0.2) is 34.8 Å². The molecule has 1 aromatic carbocycles. The van der Waals surface area contributed by atoms with Crippen LogP contribution in [0.5, 0.6) is 0 Å². The molecule has 0 spiro atoms. The Balaban J connectivity index is 2.18. The Labute approximate surface area is 128 Å². The number of aliphatic hydroxyl groups excluding tert-OH is 1. The lowest BCUT2D eigenvalue weighted by atomic mass is 9.93. The van der Waals surface area contributed by atoms with Crippen molar-refractivity contribution < 1.29 is 5.11 Å². The highest BCUT2D eigenvalue weighted by Crippen LogP contribution is 2.29. The number of aromatic nitrogens is 2. The Bertz CT molecular complexity index is 565. The summed E-state index contributed by atoms with van der Waals surface area (Å²) < 4.78 is 3.07. The molecule has 1 N–H and O–H groups in total. The highest BCUT2D eigenvalue weighted by Gasteiger charge is 2.21. The fraction of sp³-hybridized carbons (Fsp3) is 0.438. The van der Waals surface area contributed by atoms with E-state index in [-0.39, 0.29) is 5.92 Å². The van der Waals surface area contributed by atoms with Gasteiger partial charge in [0.2, 0.25) is 0 Å². The summed E-state index contributed by atoms with van der Waals surface area (Å²) in [5.74, 6) is 0.134. The van der Waals surface area contributed by atoms with Gasteiger partial charge in [-0.15, -0.1) is 0 Å². The largest absolute Gasteiger partial charge is 0.388 e. The van der Waals surface area contributed by atoms with Crippen molar-refractivity contribution in [2.75, 3.05) is 0 Å². The molecule has 0 saturated heterocycles. The molecule has 0 radical (unpaired) electrons. The maximum Gasteiger partial charge on any atom is 0.0819 e. The topological polar surface area (TPSA) is 38.0 Å². The van der Waals surface area contributed by atoms with Crippen molar-refractivity contribution in [1.29, 1.82) is 0 Å². The van der Waals surface area contributed by atoms with E-state index in [1.807, 2.05) is 41.9 Å². The van der Waals surface area contributed by atoms with E-state index >= 15 is 0 Å². The molecule has 0 bridgehead atoms. The van der Waals surface area contributed by atoms with Crippen molar-refractivity contribution in [3.8, 4) is 0 Å². The minimum absolute atomic E-state index is 0.134. The van der Waals surface area contributed by atoms with E-state index in [4.69, 9.17) is 0 Å². The van der Waals surface area contributed by atoms with Gasteiger partial charge in [-0.1, -0.05) is 37.3 Å². The van der Waals surface area contributed by atoms with Gasteiger partial charge in [-0.3, -0.25) is 4.68 Å². The van der Waals surface area contributed by atoms with Gasteiger partial charge in [0.05, 0.1) is 22.0 Å². The van der Waals surface area contributed by atoms with Crippen LogP contribution >= 0.6 is 15.9 Å². The molecule has 4 heteroatoms. The van der Waals surface area contributed by atoms with E-state index in [0.717, 1.165) is 34.4 Å². The van der Waals surface area contributed by atoms with Crippen molar-refractivity contribution >= 4 is 15.9 Å². The molecule has 0 aliphatic rings. The van der Waals surface area contributed by atoms with Gasteiger partial charge in [0.25, 0.3) is 0 Å². The van der Waals surface area contributed by atoms with Crippen LogP contribution in [0.4, 0.5) is 0 Å². The molecule has 0 aliphatic heterocycles. The van der Waals surface area contributed by atoms with E-state index < -0.39 is 6.10 Å². The van der Waals surface area contributed by atoms with Crippen LogP contribution in [0.25, 0.3) is 0 Å². The van der Waals surface area contributed by atoms with Gasteiger partial charge in [-0.05, 0) is 47.7 Å². The molecule has 0 aliphatic carbocycles. The Morgan fingerprint density at radius 2 is 1.95 bits per heavy atom. The number of aryl methyl sites for hydroxylation is 2. The summed E-state index contributed by atoms with van der Waals surface area (Å²) in [6, 6.07) is 9.83. The lowest BCUT2D eigenvalue weighted by Gasteiger charge is -2.20. The van der Waals surface area contributed by atoms with Gasteiger partial charge in [0.15, 0.2) is 0 Å². The van der Waals surface area contributed by atoms with E-state index in [2.05, 4.69) is 34.9 Å². The quantitative estimate of drug-likeness (QED) is 0.899. The first kappa shape index (κ1) is 15.3. The number of nitrogens with zero attached hydrogens (tertiary/aromatic N) is 2. The molecular weight excluding hydrogens is 316 g/mol. The first-order chi connectivity index (χ1) is 9.54. The fourth-order valence-corrected chi connectivity index (χ4v) is 2.91. The van der Waals surface area contributed by atoms with Gasteiger partial charge in [-0.2, -0.15) is 5.10 Å². The zero-order valence-electron chi connectivity index (χ0n) is 12.2. The second-order valence-electron chi connectivity index (χ2n) is 5.20. The van der Waals surface area contributed by atoms with E-state index in [0.29, 0.717) is 0 Å². The normalized spacial score (nSPS) is 14.2. The monoisotopic (exact) mass is 336 g/mol. The van der Waals surface area contributed by atoms with Crippen molar-refractivity contribution in [3.05, 3.63) is 51.8 Å². The first-order valence-electron chi connectivity index (χ1n) is 6.99. The van der Waals surface area contributed by atoms with Crippen LogP contribution in [-0.2, 0) is 13.0 Å². The molecule has 0 amide bonds. The summed E-state index contributed by atoms with van der Waals surface area (Å²) >= 11 is 3.61. The maximum atomic E-state index is 10.5. The number of benzene rings is 1. The Hall–Kier alpha value is -1.13. The van der Waals surface area contributed by atoms with Gasteiger partial charge in [0.1, 0.15) is 0 Å².